The van der Waals surface area contributed by atoms with Gasteiger partial charge < -0.3 is 10.2 Å². The zero-order valence-electron chi connectivity index (χ0n) is 8.35. The Morgan fingerprint density at radius 2 is 1.87 bits per heavy atom. The van der Waals surface area contributed by atoms with Crippen LogP contribution in [0.25, 0.3) is 0 Å². The minimum Gasteiger partial charge on any atom is -0.307 e. The maximum Gasteiger partial charge on any atom is 0.401 e. The van der Waals surface area contributed by atoms with Crippen LogP contribution in [0.2, 0.25) is 0 Å². The highest BCUT2D eigenvalue weighted by molar-refractivity contribution is 7.85. The molecule has 0 amide bonds. The van der Waals surface area contributed by atoms with E-state index >= 15 is 0 Å². The second-order valence-electron chi connectivity index (χ2n) is 3.48. The number of nitrogens with zero attached hydrogens (tertiary/aromatic N) is 1. The summed E-state index contributed by atoms with van der Waals surface area (Å²) in [6.45, 7) is 1.42. The van der Waals surface area contributed by atoms with Crippen molar-refractivity contribution in [3.05, 3.63) is 0 Å². The van der Waals surface area contributed by atoms with E-state index in [1.54, 1.807) is 0 Å². The molecule has 3 nitrogen and oxygen atoms in total. The van der Waals surface area contributed by atoms with Gasteiger partial charge in [0.15, 0.2) is 0 Å². The maximum absolute atomic E-state index is 11.8. The molecule has 0 aromatic rings. The molecule has 0 atom stereocenters. The van der Waals surface area contributed by atoms with Crippen LogP contribution in [-0.2, 0) is 10.8 Å². The van der Waals surface area contributed by atoms with Gasteiger partial charge in [0.1, 0.15) is 0 Å². The Morgan fingerprint density at radius 1 is 1.27 bits per heavy atom. The van der Waals surface area contributed by atoms with Crippen LogP contribution in [-0.4, -0.2) is 59.5 Å². The molecule has 0 bridgehead atoms. The Kier molecular flexibility index (Phi) is 5.01. The molecule has 1 aliphatic heterocycles. The molecule has 1 heterocycles. The van der Waals surface area contributed by atoms with Gasteiger partial charge >= 0.3 is 6.18 Å². The number of hydrogen-bond donors (Lipinski definition) is 1. The molecule has 15 heavy (non-hydrogen) atoms. The topological polar surface area (TPSA) is 32.3 Å². The van der Waals surface area contributed by atoms with Crippen LogP contribution in [0, 0.1) is 0 Å². The summed E-state index contributed by atoms with van der Waals surface area (Å²) >= 11 is 0. The van der Waals surface area contributed by atoms with Crippen molar-refractivity contribution in [2.24, 2.45) is 0 Å². The van der Waals surface area contributed by atoms with Crippen LogP contribution in [0.4, 0.5) is 13.2 Å². The Morgan fingerprint density at radius 3 is 2.40 bits per heavy atom. The van der Waals surface area contributed by atoms with Gasteiger partial charge in [-0.2, -0.15) is 13.2 Å². The van der Waals surface area contributed by atoms with Crippen LogP contribution >= 0.6 is 0 Å². The summed E-state index contributed by atoms with van der Waals surface area (Å²) in [4.78, 5) is 2.03. The van der Waals surface area contributed by atoms with Gasteiger partial charge in [0.05, 0.1) is 6.54 Å². The van der Waals surface area contributed by atoms with Crippen molar-refractivity contribution < 1.29 is 17.4 Å². The lowest BCUT2D eigenvalue weighted by atomic mass is 10.4. The maximum atomic E-state index is 11.8. The van der Waals surface area contributed by atoms with Crippen LogP contribution in [0.5, 0.6) is 0 Å². The zero-order chi connectivity index (χ0) is 11.3. The molecule has 1 rings (SSSR count). The summed E-state index contributed by atoms with van der Waals surface area (Å²) in [5, 5.41) is 2.34. The fourth-order valence-electron chi connectivity index (χ4n) is 1.37. The molecule has 0 unspecified atom stereocenters. The average Bonchev–Trinajstić information content (AvgIpc) is 2.14. The number of nitrogens with one attached hydrogen (secondary N) is 1. The predicted molar refractivity (Wildman–Crippen MR) is 53.2 cm³/mol. The van der Waals surface area contributed by atoms with E-state index in [9.17, 15) is 17.4 Å². The SMILES string of the molecule is O=S1CCN(CCNCC(F)(F)F)CC1. The number of hydrogen-bond acceptors (Lipinski definition) is 3. The fourth-order valence-corrected chi connectivity index (χ4v) is 2.49. The third kappa shape index (κ3) is 6.11. The van der Waals surface area contributed by atoms with E-state index in [0.717, 1.165) is 13.1 Å². The fraction of sp³-hybridized carbons (Fsp3) is 1.00. The molecular formula is C8H15F3N2OS. The molecule has 1 aliphatic rings. The van der Waals surface area contributed by atoms with Gasteiger partial charge in [-0.1, -0.05) is 0 Å². The third-order valence-electron chi connectivity index (χ3n) is 2.20. The molecule has 0 spiro atoms. The third-order valence-corrected chi connectivity index (χ3v) is 3.48. The summed E-state index contributed by atoms with van der Waals surface area (Å²) in [5.74, 6) is 1.28. The number of rotatable bonds is 4. The second-order valence-corrected chi connectivity index (χ2v) is 5.18. The van der Waals surface area contributed by atoms with Crippen molar-refractivity contribution in [1.29, 1.82) is 0 Å². The Balaban J connectivity index is 2.03. The summed E-state index contributed by atoms with van der Waals surface area (Å²) in [6, 6.07) is 0. The molecular weight excluding hydrogens is 229 g/mol. The lowest BCUT2D eigenvalue weighted by Gasteiger charge is -2.26. The first-order valence-electron chi connectivity index (χ1n) is 4.82. The van der Waals surface area contributed by atoms with E-state index in [-0.39, 0.29) is 0 Å². The molecule has 7 heteroatoms. The van der Waals surface area contributed by atoms with Crippen molar-refractivity contribution in [3.8, 4) is 0 Å². The smallest absolute Gasteiger partial charge is 0.307 e. The quantitative estimate of drug-likeness (QED) is 0.717. The van der Waals surface area contributed by atoms with Crippen LogP contribution < -0.4 is 5.32 Å². The minimum atomic E-state index is -4.14. The van der Waals surface area contributed by atoms with Crippen molar-refractivity contribution in [3.63, 3.8) is 0 Å². The Labute approximate surface area is 89.5 Å². The normalized spacial score (nSPS) is 20.7. The van der Waals surface area contributed by atoms with E-state index in [4.69, 9.17) is 0 Å². The minimum absolute atomic E-state index is 0.326. The molecule has 1 saturated heterocycles. The molecule has 1 fully saturated rings. The van der Waals surface area contributed by atoms with Gasteiger partial charge in [0.25, 0.3) is 0 Å². The summed E-state index contributed by atoms with van der Waals surface area (Å²) < 4.78 is 46.3. The predicted octanol–water partition coefficient (Wildman–Crippen LogP) is 0.203. The lowest BCUT2D eigenvalue weighted by Crippen LogP contribution is -2.42. The first kappa shape index (κ1) is 12.9. The average molecular weight is 244 g/mol. The first-order valence-corrected chi connectivity index (χ1v) is 6.31. The zero-order valence-corrected chi connectivity index (χ0v) is 9.16. The Hall–Kier alpha value is -0.140. The van der Waals surface area contributed by atoms with Gasteiger partial charge in [-0.3, -0.25) is 4.21 Å². The summed E-state index contributed by atoms with van der Waals surface area (Å²) in [7, 11) is -0.724. The monoisotopic (exact) mass is 244 g/mol. The van der Waals surface area contributed by atoms with Crippen LogP contribution in [0.1, 0.15) is 0 Å². The standard InChI is InChI=1S/C8H15F3N2OS/c9-8(10,11)7-12-1-2-13-3-5-15(14)6-4-13/h12H,1-7H2. The molecule has 0 aromatic carbocycles. The van der Waals surface area contributed by atoms with Gasteiger partial charge in [0.2, 0.25) is 0 Å². The van der Waals surface area contributed by atoms with Crippen molar-refractivity contribution in [1.82, 2.24) is 10.2 Å². The first-order chi connectivity index (χ1) is 6.97. The molecule has 0 aliphatic carbocycles. The van der Waals surface area contributed by atoms with Crippen molar-refractivity contribution in [2.75, 3.05) is 44.2 Å². The van der Waals surface area contributed by atoms with Crippen LogP contribution in [0.3, 0.4) is 0 Å². The summed E-state index contributed by atoms with van der Waals surface area (Å²) in [6.07, 6.45) is -4.14. The largest absolute Gasteiger partial charge is 0.401 e. The van der Waals surface area contributed by atoms with E-state index in [1.165, 1.54) is 0 Å². The number of halogens is 3. The molecule has 1 N–H and O–H groups in total. The highest BCUT2D eigenvalue weighted by Gasteiger charge is 2.26. The molecule has 0 aromatic heterocycles. The van der Waals surface area contributed by atoms with E-state index in [2.05, 4.69) is 5.32 Å². The highest BCUT2D eigenvalue weighted by atomic mass is 32.2. The second kappa shape index (κ2) is 5.81. The lowest BCUT2D eigenvalue weighted by molar-refractivity contribution is -0.124. The molecule has 90 valence electrons. The van der Waals surface area contributed by atoms with Gasteiger partial charge in [-0.05, 0) is 0 Å². The molecule has 0 radical (unpaired) electrons. The van der Waals surface area contributed by atoms with Crippen molar-refractivity contribution in [2.45, 2.75) is 6.18 Å². The van der Waals surface area contributed by atoms with Gasteiger partial charge in [-0.25, -0.2) is 0 Å². The van der Waals surface area contributed by atoms with Crippen molar-refractivity contribution >= 4 is 10.8 Å². The highest BCUT2D eigenvalue weighted by Crippen LogP contribution is 2.11. The van der Waals surface area contributed by atoms with Crippen LogP contribution in [0.15, 0.2) is 0 Å². The molecule has 0 saturated carbocycles. The van der Waals surface area contributed by atoms with Gasteiger partial charge in [0, 0.05) is 48.5 Å². The van der Waals surface area contributed by atoms with E-state index < -0.39 is 23.5 Å². The number of alkyl halides is 3. The Bertz CT molecular complexity index is 212. The van der Waals surface area contributed by atoms with E-state index in [1.807, 2.05) is 4.90 Å². The van der Waals surface area contributed by atoms with Gasteiger partial charge in [-0.15, -0.1) is 0 Å². The van der Waals surface area contributed by atoms with E-state index in [0.29, 0.717) is 24.6 Å². The summed E-state index contributed by atoms with van der Waals surface area (Å²) in [5.41, 5.74) is 0.